The zero-order chi connectivity index (χ0) is 20.6. The molecule has 0 aliphatic carbocycles. The summed E-state index contributed by atoms with van der Waals surface area (Å²) in [5.41, 5.74) is 2.94. The summed E-state index contributed by atoms with van der Waals surface area (Å²) in [7, 11) is 0. The summed E-state index contributed by atoms with van der Waals surface area (Å²) in [5.74, 6) is 0.305. The van der Waals surface area contributed by atoms with Gasteiger partial charge in [0.1, 0.15) is 0 Å². The van der Waals surface area contributed by atoms with E-state index >= 15 is 0 Å². The van der Waals surface area contributed by atoms with Crippen LogP contribution in [0.25, 0.3) is 0 Å². The van der Waals surface area contributed by atoms with Crippen LogP contribution in [0.3, 0.4) is 0 Å². The molecule has 0 unspecified atom stereocenters. The quantitative estimate of drug-likeness (QED) is 0.479. The number of nitrogens with one attached hydrogen (secondary N) is 2. The summed E-state index contributed by atoms with van der Waals surface area (Å²) in [4.78, 5) is 0. The lowest BCUT2D eigenvalue weighted by Gasteiger charge is -2.36. The van der Waals surface area contributed by atoms with Crippen LogP contribution in [0.2, 0.25) is 0 Å². The van der Waals surface area contributed by atoms with Crippen LogP contribution in [-0.2, 0) is 0 Å². The van der Waals surface area contributed by atoms with Crippen LogP contribution < -0.4 is 10.6 Å². The second-order valence-corrected chi connectivity index (χ2v) is 11.7. The molecule has 0 heterocycles. The number of hydrogen-bond acceptors (Lipinski definition) is 3. The summed E-state index contributed by atoms with van der Waals surface area (Å²) < 4.78 is 0. The van der Waals surface area contributed by atoms with Crippen LogP contribution in [0.5, 0.6) is 5.75 Å². The maximum atomic E-state index is 10.9. The van der Waals surface area contributed by atoms with E-state index in [-0.39, 0.29) is 21.9 Å². The molecular formula is C23H42N2O. The molecule has 26 heavy (non-hydrogen) atoms. The van der Waals surface area contributed by atoms with Crippen LogP contribution >= 0.6 is 0 Å². The highest BCUT2D eigenvalue weighted by atomic mass is 16.3. The number of rotatable bonds is 6. The molecule has 3 N–H and O–H groups in total. The molecule has 0 bridgehead atoms. The molecule has 0 aromatic heterocycles. The van der Waals surface area contributed by atoms with E-state index in [1.165, 1.54) is 0 Å². The van der Waals surface area contributed by atoms with E-state index < -0.39 is 0 Å². The molecule has 0 saturated carbocycles. The van der Waals surface area contributed by atoms with Crippen molar-refractivity contribution in [2.45, 2.75) is 100 Å². The van der Waals surface area contributed by atoms with Gasteiger partial charge in [0.05, 0.1) is 11.4 Å². The van der Waals surface area contributed by atoms with Gasteiger partial charge in [-0.1, -0.05) is 41.5 Å². The lowest BCUT2D eigenvalue weighted by atomic mass is 9.81. The van der Waals surface area contributed by atoms with Crippen molar-refractivity contribution in [1.29, 1.82) is 0 Å². The second kappa shape index (κ2) is 7.32. The van der Waals surface area contributed by atoms with E-state index in [2.05, 4.69) is 86.8 Å². The molecule has 150 valence electrons. The highest BCUT2D eigenvalue weighted by Gasteiger charge is 2.29. The Balaban J connectivity index is 3.12. The molecule has 3 nitrogen and oxygen atoms in total. The van der Waals surface area contributed by atoms with Gasteiger partial charge in [0.15, 0.2) is 5.75 Å². The predicted molar refractivity (Wildman–Crippen MR) is 116 cm³/mol. The summed E-state index contributed by atoms with van der Waals surface area (Å²) in [6.45, 7) is 24.3. The molecule has 0 radical (unpaired) electrons. The topological polar surface area (TPSA) is 44.3 Å². The third-order valence-corrected chi connectivity index (χ3v) is 4.14. The van der Waals surface area contributed by atoms with Gasteiger partial charge in [0.2, 0.25) is 0 Å². The fraction of sp³-hybridized carbons (Fsp3) is 0.739. The maximum Gasteiger partial charge on any atom is 0.162 e. The molecule has 0 aliphatic heterocycles. The fourth-order valence-corrected chi connectivity index (χ4v) is 4.44. The lowest BCUT2D eigenvalue weighted by Crippen LogP contribution is -2.36. The molecular weight excluding hydrogens is 320 g/mol. The minimum Gasteiger partial charge on any atom is -0.504 e. The number of phenols is 1. The molecule has 0 amide bonds. The van der Waals surface area contributed by atoms with Gasteiger partial charge in [-0.15, -0.1) is 0 Å². The van der Waals surface area contributed by atoms with Gasteiger partial charge >= 0.3 is 0 Å². The van der Waals surface area contributed by atoms with Crippen LogP contribution in [0.4, 0.5) is 11.4 Å². The number of hydrogen-bond donors (Lipinski definition) is 3. The fourth-order valence-electron chi connectivity index (χ4n) is 4.44. The van der Waals surface area contributed by atoms with Gasteiger partial charge < -0.3 is 15.7 Å². The number of benzene rings is 1. The predicted octanol–water partition coefficient (Wildman–Crippen LogP) is 6.95. The van der Waals surface area contributed by atoms with Crippen molar-refractivity contribution in [3.63, 3.8) is 0 Å². The average Bonchev–Trinajstić information content (AvgIpc) is 2.27. The summed E-state index contributed by atoms with van der Waals surface area (Å²) in [6, 6.07) is 4.06. The molecule has 0 spiro atoms. The molecule has 3 heteroatoms. The molecule has 0 atom stereocenters. The van der Waals surface area contributed by atoms with E-state index in [1.807, 2.05) is 12.1 Å². The first-order chi connectivity index (χ1) is 11.4. The first kappa shape index (κ1) is 22.7. The third kappa shape index (κ3) is 7.88. The van der Waals surface area contributed by atoms with E-state index in [1.54, 1.807) is 0 Å². The van der Waals surface area contributed by atoms with Crippen LogP contribution in [0, 0.1) is 17.8 Å². The first-order valence-corrected chi connectivity index (χ1v) is 9.79. The number of phenolic OH excluding ortho intramolecular Hbond substituents is 1. The first-order valence-electron chi connectivity index (χ1n) is 9.79. The minimum atomic E-state index is -0.109. The Morgan fingerprint density at radius 3 is 1.27 bits per heavy atom. The lowest BCUT2D eigenvalue weighted by molar-refractivity contribution is 0.301. The molecule has 0 aliphatic rings. The smallest absolute Gasteiger partial charge is 0.162 e. The van der Waals surface area contributed by atoms with Crippen molar-refractivity contribution in [1.82, 2.24) is 0 Å². The molecule has 1 aromatic rings. The van der Waals surface area contributed by atoms with Gasteiger partial charge in [-0.3, -0.25) is 0 Å². The zero-order valence-corrected chi connectivity index (χ0v) is 19.0. The van der Waals surface area contributed by atoms with Crippen LogP contribution in [0.1, 0.15) is 87.6 Å². The van der Waals surface area contributed by atoms with Crippen LogP contribution in [0.15, 0.2) is 12.1 Å². The van der Waals surface area contributed by atoms with Gasteiger partial charge in [-0.25, -0.2) is 0 Å². The Morgan fingerprint density at radius 1 is 0.692 bits per heavy atom. The van der Waals surface area contributed by atoms with E-state index in [0.717, 1.165) is 29.8 Å². The van der Waals surface area contributed by atoms with Gasteiger partial charge in [-0.2, -0.15) is 0 Å². The number of aromatic hydroxyl groups is 1. The van der Waals surface area contributed by atoms with Crippen molar-refractivity contribution >= 4 is 11.4 Å². The van der Waals surface area contributed by atoms with E-state index in [9.17, 15) is 5.11 Å². The second-order valence-electron chi connectivity index (χ2n) is 11.7. The Hall–Kier alpha value is -1.38. The van der Waals surface area contributed by atoms with Crippen molar-refractivity contribution in [3.8, 4) is 5.75 Å². The van der Waals surface area contributed by atoms with Crippen LogP contribution in [-0.4, -0.2) is 16.2 Å². The van der Waals surface area contributed by atoms with E-state index in [0.29, 0.717) is 5.75 Å². The average molecular weight is 363 g/mol. The molecule has 0 saturated heterocycles. The van der Waals surface area contributed by atoms with Gasteiger partial charge in [-0.05, 0) is 76.0 Å². The summed E-state index contributed by atoms with van der Waals surface area (Å²) in [5, 5.41) is 18.0. The third-order valence-electron chi connectivity index (χ3n) is 4.14. The normalized spacial score (nSPS) is 13.7. The molecule has 0 fully saturated rings. The zero-order valence-electron chi connectivity index (χ0n) is 19.0. The Bertz CT molecular complexity index is 565. The Kier molecular flexibility index (Phi) is 6.38. The maximum absolute atomic E-state index is 10.9. The SMILES string of the molecule is Cc1cc(NC(C)(C)CC(C)(C)C)c(O)c(NC(C)(C)CC(C)(C)C)c1. The Labute approximate surface area is 162 Å². The minimum absolute atomic E-state index is 0.109. The van der Waals surface area contributed by atoms with Gasteiger partial charge in [0, 0.05) is 11.1 Å². The van der Waals surface area contributed by atoms with Crippen molar-refractivity contribution < 1.29 is 5.11 Å². The van der Waals surface area contributed by atoms with Gasteiger partial charge in [0.25, 0.3) is 0 Å². The molecule has 1 aromatic carbocycles. The van der Waals surface area contributed by atoms with E-state index in [4.69, 9.17) is 0 Å². The van der Waals surface area contributed by atoms with Crippen molar-refractivity contribution in [3.05, 3.63) is 17.7 Å². The largest absolute Gasteiger partial charge is 0.504 e. The summed E-state index contributed by atoms with van der Waals surface area (Å²) in [6.07, 6.45) is 2.01. The highest BCUT2D eigenvalue weighted by molar-refractivity contribution is 5.73. The molecule has 1 rings (SSSR count). The summed E-state index contributed by atoms with van der Waals surface area (Å²) >= 11 is 0. The monoisotopic (exact) mass is 362 g/mol. The Morgan fingerprint density at radius 2 is 1.00 bits per heavy atom. The van der Waals surface area contributed by atoms with Crippen molar-refractivity contribution in [2.24, 2.45) is 10.8 Å². The standard InChI is InChI=1S/C23H42N2O/c1-16-12-17(24-22(8,9)14-20(2,3)4)19(26)18(13-16)25-23(10,11)15-21(5,6)7/h12-13,24-26H,14-15H2,1-11H3. The number of aryl methyl sites for hydroxylation is 1. The highest BCUT2D eigenvalue weighted by Crippen LogP contribution is 2.40. The number of anilines is 2. The van der Waals surface area contributed by atoms with Crippen molar-refractivity contribution in [2.75, 3.05) is 10.6 Å².